The van der Waals surface area contributed by atoms with Crippen LogP contribution in [0.25, 0.3) is 0 Å². The van der Waals surface area contributed by atoms with Gasteiger partial charge in [0.1, 0.15) is 10.7 Å². The third-order valence-electron chi connectivity index (χ3n) is 4.48. The average molecular weight is 416 g/mol. The van der Waals surface area contributed by atoms with Crippen molar-refractivity contribution in [3.63, 3.8) is 0 Å². The maximum Gasteiger partial charge on any atom is 0.308 e. The Kier molecular flexibility index (Phi) is 6.33. The first-order valence-corrected chi connectivity index (χ1v) is 9.68. The van der Waals surface area contributed by atoms with Crippen LogP contribution in [0.1, 0.15) is 26.5 Å². The number of nitrogens with zero attached hydrogens (tertiary/aromatic N) is 1. The molecule has 1 N–H and O–H groups in total. The summed E-state index contributed by atoms with van der Waals surface area (Å²) in [6, 6.07) is 11.4. The highest BCUT2D eigenvalue weighted by molar-refractivity contribution is 7.11. The Hall–Kier alpha value is -3.13. The second-order valence-corrected chi connectivity index (χ2v) is 7.33. The highest BCUT2D eigenvalue weighted by Gasteiger charge is 2.18. The molecule has 0 atom stereocenters. The van der Waals surface area contributed by atoms with E-state index in [0.717, 1.165) is 16.9 Å². The van der Waals surface area contributed by atoms with Gasteiger partial charge in [0.25, 0.3) is 5.91 Å². The Morgan fingerprint density at radius 3 is 2.55 bits per heavy atom. The first-order chi connectivity index (χ1) is 13.9. The molecule has 1 amide bonds. The van der Waals surface area contributed by atoms with Crippen molar-refractivity contribution < 1.29 is 18.7 Å². The van der Waals surface area contributed by atoms with Crippen LogP contribution in [0.3, 0.4) is 0 Å². The molecule has 1 heterocycles. The summed E-state index contributed by atoms with van der Waals surface area (Å²) in [5.41, 5.74) is 2.04. The van der Waals surface area contributed by atoms with E-state index in [2.05, 4.69) is 5.32 Å². The Bertz CT molecular complexity index is 1090. The number of nitrogens with one attached hydrogen (secondary N) is 1. The van der Waals surface area contributed by atoms with E-state index in [1.165, 1.54) is 16.7 Å². The number of aromatic nitrogens is 1. The second-order valence-electron chi connectivity index (χ2n) is 6.37. The highest BCUT2D eigenvalue weighted by atomic mass is 32.1. The van der Waals surface area contributed by atoms with Crippen LogP contribution in [0.15, 0.2) is 47.3 Å². The molecular formula is C21H21FN2O4S. The standard InChI is InChI=1S/C21H21FN2O4S/c1-13-19(29-21(26)24(13)12-15-5-4-6-16(22)9-15)20(25)23-11-14-7-8-17(27-2)18(10-14)28-3/h4-10H,11-12H2,1-3H3,(H,23,25). The van der Waals surface area contributed by atoms with Crippen LogP contribution in [0.4, 0.5) is 4.39 Å². The molecule has 0 unspecified atom stereocenters. The van der Waals surface area contributed by atoms with Crippen molar-refractivity contribution in [2.24, 2.45) is 0 Å². The number of hydrogen-bond acceptors (Lipinski definition) is 5. The third-order valence-corrected chi connectivity index (χ3v) is 5.56. The molecule has 1 aromatic heterocycles. The fourth-order valence-corrected chi connectivity index (χ4v) is 3.85. The first kappa shape index (κ1) is 20.6. The zero-order valence-corrected chi connectivity index (χ0v) is 17.1. The van der Waals surface area contributed by atoms with Gasteiger partial charge in [-0.2, -0.15) is 0 Å². The molecule has 0 aliphatic heterocycles. The minimum atomic E-state index is -0.365. The van der Waals surface area contributed by atoms with Crippen molar-refractivity contribution in [2.45, 2.75) is 20.0 Å². The number of carbonyl (C=O) groups excluding carboxylic acids is 1. The lowest BCUT2D eigenvalue weighted by molar-refractivity contribution is 0.0954. The Morgan fingerprint density at radius 1 is 1.10 bits per heavy atom. The van der Waals surface area contributed by atoms with Crippen molar-refractivity contribution in [3.05, 3.63) is 79.6 Å². The highest BCUT2D eigenvalue weighted by Crippen LogP contribution is 2.27. The smallest absolute Gasteiger partial charge is 0.308 e. The molecule has 6 nitrogen and oxygen atoms in total. The largest absolute Gasteiger partial charge is 0.493 e. The fourth-order valence-electron chi connectivity index (χ4n) is 2.94. The van der Waals surface area contributed by atoms with Crippen molar-refractivity contribution in [1.82, 2.24) is 9.88 Å². The van der Waals surface area contributed by atoms with Gasteiger partial charge in [0.15, 0.2) is 11.5 Å². The first-order valence-electron chi connectivity index (χ1n) is 8.86. The Morgan fingerprint density at radius 2 is 1.86 bits per heavy atom. The van der Waals surface area contributed by atoms with E-state index in [1.54, 1.807) is 45.4 Å². The molecule has 0 fully saturated rings. The summed E-state index contributed by atoms with van der Waals surface area (Å²) in [4.78, 5) is 25.1. The minimum Gasteiger partial charge on any atom is -0.493 e. The van der Waals surface area contributed by atoms with Crippen molar-refractivity contribution in [1.29, 1.82) is 0 Å². The molecule has 29 heavy (non-hydrogen) atoms. The molecule has 0 bridgehead atoms. The fraction of sp³-hybridized carbons (Fsp3) is 0.238. The van der Waals surface area contributed by atoms with Gasteiger partial charge in [0, 0.05) is 12.2 Å². The maximum absolute atomic E-state index is 13.4. The summed E-state index contributed by atoms with van der Waals surface area (Å²) < 4.78 is 25.3. The van der Waals surface area contributed by atoms with Crippen LogP contribution >= 0.6 is 11.3 Å². The molecule has 8 heteroatoms. The molecule has 0 saturated heterocycles. The van der Waals surface area contributed by atoms with Gasteiger partial charge in [-0.3, -0.25) is 14.2 Å². The number of ether oxygens (including phenoxy) is 2. The van der Waals surface area contributed by atoms with Crippen molar-refractivity contribution >= 4 is 17.2 Å². The van der Waals surface area contributed by atoms with E-state index in [0.29, 0.717) is 27.6 Å². The summed E-state index contributed by atoms with van der Waals surface area (Å²) in [6.45, 7) is 2.19. The molecule has 152 valence electrons. The molecule has 0 radical (unpaired) electrons. The molecule has 3 rings (SSSR count). The second kappa shape index (κ2) is 8.91. The van der Waals surface area contributed by atoms with Crippen LogP contribution < -0.4 is 19.7 Å². The summed E-state index contributed by atoms with van der Waals surface area (Å²) in [7, 11) is 3.10. The summed E-state index contributed by atoms with van der Waals surface area (Å²) in [6.07, 6.45) is 0. The quantitative estimate of drug-likeness (QED) is 0.641. The number of halogens is 1. The van der Waals surface area contributed by atoms with Crippen LogP contribution in [0, 0.1) is 12.7 Å². The number of rotatable bonds is 7. The van der Waals surface area contributed by atoms with Gasteiger partial charge in [-0.05, 0) is 42.3 Å². The molecule has 0 aliphatic rings. The van der Waals surface area contributed by atoms with Crippen LogP contribution in [0.2, 0.25) is 0 Å². The third kappa shape index (κ3) is 4.65. The van der Waals surface area contributed by atoms with E-state index < -0.39 is 0 Å². The SMILES string of the molecule is COc1ccc(CNC(=O)c2sc(=O)n(Cc3cccc(F)c3)c2C)cc1OC. The van der Waals surface area contributed by atoms with Gasteiger partial charge in [-0.1, -0.05) is 29.5 Å². The van der Waals surface area contributed by atoms with Crippen LogP contribution in [-0.2, 0) is 13.1 Å². The van der Waals surface area contributed by atoms with E-state index in [-0.39, 0.29) is 29.7 Å². The van der Waals surface area contributed by atoms with Crippen LogP contribution in [0.5, 0.6) is 11.5 Å². The molecule has 0 spiro atoms. The molecular weight excluding hydrogens is 395 g/mol. The summed E-state index contributed by atoms with van der Waals surface area (Å²) in [5, 5.41) is 2.82. The number of amides is 1. The van der Waals surface area contributed by atoms with Crippen LogP contribution in [-0.4, -0.2) is 24.7 Å². The maximum atomic E-state index is 13.4. The zero-order chi connectivity index (χ0) is 21.0. The number of carbonyl (C=O) groups is 1. The van der Waals surface area contributed by atoms with E-state index in [1.807, 2.05) is 6.07 Å². The van der Waals surface area contributed by atoms with Gasteiger partial charge < -0.3 is 14.8 Å². The predicted molar refractivity (Wildman–Crippen MR) is 110 cm³/mol. The van der Waals surface area contributed by atoms with Gasteiger partial charge in [0.05, 0.1) is 20.8 Å². The molecule has 0 saturated carbocycles. The zero-order valence-electron chi connectivity index (χ0n) is 16.3. The lowest BCUT2D eigenvalue weighted by atomic mass is 10.2. The van der Waals surface area contributed by atoms with Crippen molar-refractivity contribution in [2.75, 3.05) is 14.2 Å². The van der Waals surface area contributed by atoms with Crippen molar-refractivity contribution in [3.8, 4) is 11.5 Å². The molecule has 2 aromatic carbocycles. The summed E-state index contributed by atoms with van der Waals surface area (Å²) in [5.74, 6) is 0.473. The van der Waals surface area contributed by atoms with Gasteiger partial charge >= 0.3 is 4.87 Å². The van der Waals surface area contributed by atoms with E-state index in [9.17, 15) is 14.0 Å². The number of methoxy groups -OCH3 is 2. The Labute approximate surface area is 171 Å². The predicted octanol–water partition coefficient (Wildman–Crippen LogP) is 3.35. The number of hydrogen-bond donors (Lipinski definition) is 1. The lowest BCUT2D eigenvalue weighted by Crippen LogP contribution is -2.23. The Balaban J connectivity index is 1.74. The topological polar surface area (TPSA) is 69.6 Å². The van der Waals surface area contributed by atoms with Gasteiger partial charge in [0.2, 0.25) is 0 Å². The van der Waals surface area contributed by atoms with Gasteiger partial charge in [-0.15, -0.1) is 0 Å². The normalized spacial score (nSPS) is 10.6. The lowest BCUT2D eigenvalue weighted by Gasteiger charge is -2.10. The summed E-state index contributed by atoms with van der Waals surface area (Å²) >= 11 is 0.878. The minimum absolute atomic E-state index is 0.210. The average Bonchev–Trinajstić information content (AvgIpc) is 3.00. The number of benzene rings is 2. The number of thiazole rings is 1. The monoisotopic (exact) mass is 416 g/mol. The van der Waals surface area contributed by atoms with E-state index >= 15 is 0 Å². The van der Waals surface area contributed by atoms with E-state index in [4.69, 9.17) is 9.47 Å². The molecule has 0 aliphatic carbocycles. The van der Waals surface area contributed by atoms with Gasteiger partial charge in [-0.25, -0.2) is 4.39 Å². The molecule has 3 aromatic rings.